The lowest BCUT2D eigenvalue weighted by Gasteiger charge is -2.02. The summed E-state index contributed by atoms with van der Waals surface area (Å²) in [5.41, 5.74) is -0.461. The van der Waals surface area contributed by atoms with Crippen molar-refractivity contribution in [1.29, 1.82) is 0 Å². The van der Waals surface area contributed by atoms with Crippen LogP contribution in [-0.4, -0.2) is 14.5 Å². The summed E-state index contributed by atoms with van der Waals surface area (Å²) in [6, 6.07) is 0. The average molecular weight is 213 g/mol. The first-order chi connectivity index (χ1) is 6.59. The van der Waals surface area contributed by atoms with Gasteiger partial charge in [0.15, 0.2) is 5.15 Å². The van der Waals surface area contributed by atoms with Crippen LogP contribution >= 0.6 is 11.6 Å². The summed E-state index contributed by atoms with van der Waals surface area (Å²) in [5.74, 6) is 0. The van der Waals surface area contributed by atoms with E-state index in [-0.39, 0.29) is 16.3 Å². The minimum atomic E-state index is -0.401. The molecule has 14 heavy (non-hydrogen) atoms. The van der Waals surface area contributed by atoms with Crippen molar-refractivity contribution in [2.45, 2.75) is 0 Å². The number of hydrogen-bond acceptors (Lipinski definition) is 4. The molecule has 72 valence electrons. The van der Waals surface area contributed by atoms with E-state index >= 15 is 0 Å². The molecule has 0 spiro atoms. The SMILES string of the molecule is Cn1cnc2c(nc(Cl)c[n+]2[O-])c1=O. The molecular formula is C7H5ClN4O2. The number of aryl methyl sites for hydroxylation is 1. The van der Waals surface area contributed by atoms with E-state index in [9.17, 15) is 10.0 Å². The van der Waals surface area contributed by atoms with Gasteiger partial charge >= 0.3 is 5.65 Å². The third-order valence-electron chi connectivity index (χ3n) is 1.74. The molecule has 0 unspecified atom stereocenters. The van der Waals surface area contributed by atoms with E-state index in [4.69, 9.17) is 11.6 Å². The fourth-order valence-electron chi connectivity index (χ4n) is 1.07. The first-order valence-electron chi connectivity index (χ1n) is 3.70. The van der Waals surface area contributed by atoms with Gasteiger partial charge in [-0.05, 0) is 4.98 Å². The molecule has 0 N–H and O–H groups in total. The Hall–Kier alpha value is -1.69. The molecule has 0 bridgehead atoms. The Morgan fingerprint density at radius 3 is 3.07 bits per heavy atom. The highest BCUT2D eigenvalue weighted by atomic mass is 35.5. The van der Waals surface area contributed by atoms with Crippen molar-refractivity contribution in [2.75, 3.05) is 0 Å². The van der Waals surface area contributed by atoms with Crippen molar-refractivity contribution >= 4 is 22.8 Å². The summed E-state index contributed by atoms with van der Waals surface area (Å²) < 4.78 is 1.65. The van der Waals surface area contributed by atoms with Gasteiger partial charge in [-0.1, -0.05) is 11.6 Å². The van der Waals surface area contributed by atoms with Crippen LogP contribution in [-0.2, 0) is 7.05 Å². The zero-order valence-corrected chi connectivity index (χ0v) is 7.89. The predicted molar refractivity (Wildman–Crippen MR) is 48.7 cm³/mol. The maximum Gasteiger partial charge on any atom is 0.359 e. The average Bonchev–Trinajstić information content (AvgIpc) is 2.12. The molecule has 0 aliphatic rings. The highest BCUT2D eigenvalue weighted by Crippen LogP contribution is 2.03. The fourth-order valence-corrected chi connectivity index (χ4v) is 1.24. The second-order valence-corrected chi connectivity index (χ2v) is 3.11. The Morgan fingerprint density at radius 1 is 1.64 bits per heavy atom. The van der Waals surface area contributed by atoms with Crippen molar-refractivity contribution in [1.82, 2.24) is 14.5 Å². The molecule has 0 aliphatic heterocycles. The summed E-state index contributed by atoms with van der Waals surface area (Å²) in [4.78, 5) is 19.0. The van der Waals surface area contributed by atoms with E-state index < -0.39 is 5.56 Å². The summed E-state index contributed by atoms with van der Waals surface area (Å²) in [6.07, 6.45) is 2.31. The molecule has 0 atom stereocenters. The molecule has 0 amide bonds. The molecule has 0 aromatic carbocycles. The molecule has 0 fully saturated rings. The zero-order chi connectivity index (χ0) is 10.3. The number of nitrogens with zero attached hydrogens (tertiary/aromatic N) is 4. The van der Waals surface area contributed by atoms with Crippen LogP contribution in [0.15, 0.2) is 17.3 Å². The largest absolute Gasteiger partial charge is 0.710 e. The number of aromatic nitrogens is 4. The van der Waals surface area contributed by atoms with Crippen LogP contribution in [0.1, 0.15) is 0 Å². The number of rotatable bonds is 0. The van der Waals surface area contributed by atoms with Crippen LogP contribution in [0.3, 0.4) is 0 Å². The Morgan fingerprint density at radius 2 is 2.36 bits per heavy atom. The topological polar surface area (TPSA) is 74.7 Å². The first-order valence-corrected chi connectivity index (χ1v) is 4.08. The van der Waals surface area contributed by atoms with Gasteiger partial charge in [-0.25, -0.2) is 9.71 Å². The molecule has 7 heteroatoms. The molecule has 0 radical (unpaired) electrons. The van der Waals surface area contributed by atoms with E-state index in [1.165, 1.54) is 17.9 Å². The van der Waals surface area contributed by atoms with Crippen LogP contribution in [0.25, 0.3) is 11.2 Å². The predicted octanol–water partition coefficient (Wildman–Crippen LogP) is -0.385. The van der Waals surface area contributed by atoms with Gasteiger partial charge in [-0.2, -0.15) is 0 Å². The highest BCUT2D eigenvalue weighted by Gasteiger charge is 2.13. The van der Waals surface area contributed by atoms with Crippen molar-refractivity contribution in [3.05, 3.63) is 33.2 Å². The van der Waals surface area contributed by atoms with E-state index in [2.05, 4.69) is 9.97 Å². The van der Waals surface area contributed by atoms with Crippen LogP contribution in [0.5, 0.6) is 0 Å². The van der Waals surface area contributed by atoms with Crippen LogP contribution in [0, 0.1) is 5.21 Å². The van der Waals surface area contributed by atoms with E-state index in [1.54, 1.807) is 0 Å². The van der Waals surface area contributed by atoms with Crippen LogP contribution in [0.2, 0.25) is 5.15 Å². The Balaban J connectivity index is 3.03. The normalized spacial score (nSPS) is 10.7. The lowest BCUT2D eigenvalue weighted by Crippen LogP contribution is -2.32. The number of fused-ring (bicyclic) bond motifs is 1. The van der Waals surface area contributed by atoms with Gasteiger partial charge in [0.05, 0.1) is 0 Å². The van der Waals surface area contributed by atoms with Gasteiger partial charge in [0.25, 0.3) is 5.56 Å². The van der Waals surface area contributed by atoms with Crippen molar-refractivity contribution in [3.63, 3.8) is 0 Å². The zero-order valence-electron chi connectivity index (χ0n) is 7.14. The molecule has 2 heterocycles. The summed E-state index contributed by atoms with van der Waals surface area (Å²) in [5, 5.41) is 11.2. The summed E-state index contributed by atoms with van der Waals surface area (Å²) >= 11 is 5.54. The van der Waals surface area contributed by atoms with Crippen LogP contribution < -0.4 is 10.3 Å². The van der Waals surface area contributed by atoms with Crippen LogP contribution in [0.4, 0.5) is 0 Å². The Kier molecular flexibility index (Phi) is 1.85. The number of halogens is 1. The van der Waals surface area contributed by atoms with Gasteiger partial charge < -0.3 is 5.21 Å². The quantitative estimate of drug-likeness (QED) is 0.441. The smallest absolute Gasteiger partial charge is 0.359 e. The Bertz CT molecular complexity index is 565. The molecule has 2 rings (SSSR count). The molecule has 0 saturated heterocycles. The summed E-state index contributed by atoms with van der Waals surface area (Å²) in [7, 11) is 1.52. The second kappa shape index (κ2) is 2.91. The lowest BCUT2D eigenvalue weighted by atomic mass is 10.5. The molecule has 0 aliphatic carbocycles. The lowest BCUT2D eigenvalue weighted by molar-refractivity contribution is -0.579. The second-order valence-electron chi connectivity index (χ2n) is 2.72. The highest BCUT2D eigenvalue weighted by molar-refractivity contribution is 6.29. The van der Waals surface area contributed by atoms with Gasteiger partial charge in [0.2, 0.25) is 11.8 Å². The molecular weight excluding hydrogens is 208 g/mol. The fraction of sp³-hybridized carbons (Fsp3) is 0.143. The van der Waals surface area contributed by atoms with Gasteiger partial charge in [-0.3, -0.25) is 9.36 Å². The molecule has 2 aromatic rings. The van der Waals surface area contributed by atoms with E-state index in [1.807, 2.05) is 0 Å². The van der Waals surface area contributed by atoms with Gasteiger partial charge in [0.1, 0.15) is 6.20 Å². The van der Waals surface area contributed by atoms with Crippen molar-refractivity contribution in [2.24, 2.45) is 7.05 Å². The maximum absolute atomic E-state index is 11.5. The van der Waals surface area contributed by atoms with Crippen molar-refractivity contribution in [3.8, 4) is 0 Å². The molecule has 0 saturated carbocycles. The molecule has 6 nitrogen and oxygen atoms in total. The van der Waals surface area contributed by atoms with Crippen molar-refractivity contribution < 1.29 is 4.73 Å². The van der Waals surface area contributed by atoms with E-state index in [0.717, 1.165) is 6.20 Å². The monoisotopic (exact) mass is 212 g/mol. The number of hydrogen-bond donors (Lipinski definition) is 0. The van der Waals surface area contributed by atoms with E-state index in [0.29, 0.717) is 4.73 Å². The Labute approximate surface area is 83.0 Å². The third kappa shape index (κ3) is 1.20. The third-order valence-corrected chi connectivity index (χ3v) is 1.92. The maximum atomic E-state index is 11.5. The summed E-state index contributed by atoms with van der Waals surface area (Å²) in [6.45, 7) is 0. The first kappa shape index (κ1) is 8.89. The standard InChI is InChI=1S/C7H5ClN4O2/c1-11-3-9-6-5(7(11)13)10-4(8)2-12(6)14/h2-3H,1H3. The van der Waals surface area contributed by atoms with Gasteiger partial charge in [-0.15, -0.1) is 0 Å². The minimum Gasteiger partial charge on any atom is -0.710 e. The van der Waals surface area contributed by atoms with Gasteiger partial charge in [0, 0.05) is 7.05 Å². The molecule has 2 aromatic heterocycles. The minimum absolute atomic E-state index is 0.0300.